The normalized spacial score (nSPS) is 10.4. The molecule has 0 bridgehead atoms. The molecule has 0 unspecified atom stereocenters. The highest BCUT2D eigenvalue weighted by Crippen LogP contribution is 2.09. The van der Waals surface area contributed by atoms with Crippen molar-refractivity contribution in [2.45, 2.75) is 6.42 Å². The van der Waals surface area contributed by atoms with Crippen LogP contribution in [0.4, 0.5) is 5.69 Å². The predicted molar refractivity (Wildman–Crippen MR) is 72.0 cm³/mol. The Hall–Kier alpha value is -2.47. The molecule has 1 N–H and O–H groups in total. The van der Waals surface area contributed by atoms with E-state index in [4.69, 9.17) is 9.68 Å². The number of hydrogen-bond acceptors (Lipinski definition) is 3. The Labute approximate surface area is 106 Å². The van der Waals surface area contributed by atoms with Crippen LogP contribution in [0.1, 0.15) is 11.3 Å². The minimum Gasteiger partial charge on any atom is -0.465 e. The van der Waals surface area contributed by atoms with Crippen LogP contribution in [0.15, 0.2) is 53.2 Å². The Morgan fingerprint density at radius 3 is 2.72 bits per heavy atom. The zero-order valence-corrected chi connectivity index (χ0v) is 9.97. The molecule has 0 amide bonds. The number of nitrogens with zero attached hydrogens (tertiary/aromatic N) is 1. The van der Waals surface area contributed by atoms with Crippen molar-refractivity contribution in [1.82, 2.24) is 0 Å². The first-order valence-corrected chi connectivity index (χ1v) is 5.78. The van der Waals surface area contributed by atoms with E-state index < -0.39 is 0 Å². The molecular weight excluding hydrogens is 224 g/mol. The lowest BCUT2D eigenvalue weighted by Crippen LogP contribution is -1.97. The van der Waals surface area contributed by atoms with Crippen molar-refractivity contribution in [3.8, 4) is 6.07 Å². The van der Waals surface area contributed by atoms with Gasteiger partial charge in [-0.2, -0.15) is 5.26 Å². The molecule has 3 nitrogen and oxygen atoms in total. The molecule has 90 valence electrons. The van der Waals surface area contributed by atoms with Gasteiger partial charge < -0.3 is 9.73 Å². The quantitative estimate of drug-likeness (QED) is 0.867. The number of nitrogens with one attached hydrogen (secondary N) is 1. The van der Waals surface area contributed by atoms with Crippen LogP contribution in [0, 0.1) is 11.3 Å². The van der Waals surface area contributed by atoms with Gasteiger partial charge in [0.2, 0.25) is 0 Å². The van der Waals surface area contributed by atoms with Crippen molar-refractivity contribution < 1.29 is 4.42 Å². The fourth-order valence-electron chi connectivity index (χ4n) is 1.57. The monoisotopic (exact) mass is 238 g/mol. The Kier molecular flexibility index (Phi) is 4.21. The van der Waals surface area contributed by atoms with E-state index in [1.165, 1.54) is 0 Å². The minimum absolute atomic E-state index is 0.457. The summed E-state index contributed by atoms with van der Waals surface area (Å²) < 4.78 is 5.18. The molecule has 0 saturated heterocycles. The van der Waals surface area contributed by atoms with Crippen molar-refractivity contribution in [3.05, 3.63) is 60.1 Å². The number of furan rings is 1. The average molecular weight is 238 g/mol. The predicted octanol–water partition coefficient (Wildman–Crippen LogP) is 3.47. The maximum Gasteiger partial charge on any atom is 0.126 e. The SMILES string of the molecule is N#CCc1ccc(NCC=Cc2ccco2)cc1. The van der Waals surface area contributed by atoms with Crippen LogP contribution in [0.25, 0.3) is 6.08 Å². The number of rotatable bonds is 5. The van der Waals surface area contributed by atoms with Crippen molar-refractivity contribution in [3.63, 3.8) is 0 Å². The van der Waals surface area contributed by atoms with Gasteiger partial charge in [-0.15, -0.1) is 0 Å². The van der Waals surface area contributed by atoms with E-state index in [0.29, 0.717) is 6.42 Å². The lowest BCUT2D eigenvalue weighted by molar-refractivity contribution is 0.557. The van der Waals surface area contributed by atoms with Crippen LogP contribution in [-0.2, 0) is 6.42 Å². The van der Waals surface area contributed by atoms with Gasteiger partial charge in [-0.05, 0) is 35.9 Å². The molecule has 0 fully saturated rings. The summed E-state index contributed by atoms with van der Waals surface area (Å²) >= 11 is 0. The molecule has 0 aliphatic rings. The third-order valence-electron chi connectivity index (χ3n) is 2.49. The fourth-order valence-corrected chi connectivity index (χ4v) is 1.57. The summed E-state index contributed by atoms with van der Waals surface area (Å²) in [5, 5.41) is 11.8. The molecule has 0 atom stereocenters. The zero-order chi connectivity index (χ0) is 12.6. The highest BCUT2D eigenvalue weighted by atomic mass is 16.3. The first-order chi connectivity index (χ1) is 8.88. The molecule has 2 aromatic rings. The van der Waals surface area contributed by atoms with Gasteiger partial charge in [-0.25, -0.2) is 0 Å². The van der Waals surface area contributed by atoms with Gasteiger partial charge in [-0.3, -0.25) is 0 Å². The third-order valence-corrected chi connectivity index (χ3v) is 2.49. The van der Waals surface area contributed by atoms with Crippen LogP contribution in [0.2, 0.25) is 0 Å². The summed E-state index contributed by atoms with van der Waals surface area (Å²) in [5.41, 5.74) is 2.08. The van der Waals surface area contributed by atoms with Gasteiger partial charge in [0, 0.05) is 12.2 Å². The zero-order valence-electron chi connectivity index (χ0n) is 9.97. The highest BCUT2D eigenvalue weighted by Gasteiger charge is 1.92. The molecule has 1 aromatic heterocycles. The minimum atomic E-state index is 0.457. The molecule has 0 aliphatic heterocycles. The molecular formula is C15H14N2O. The van der Waals surface area contributed by atoms with E-state index in [-0.39, 0.29) is 0 Å². The molecule has 0 spiro atoms. The van der Waals surface area contributed by atoms with Gasteiger partial charge in [0.25, 0.3) is 0 Å². The lowest BCUT2D eigenvalue weighted by atomic mass is 10.1. The standard InChI is InChI=1S/C15H14N2O/c16-10-9-13-5-7-14(8-6-13)17-11-1-3-15-4-2-12-18-15/h1-8,12,17H,9,11H2. The molecule has 0 radical (unpaired) electrons. The van der Waals surface area contributed by atoms with Gasteiger partial charge >= 0.3 is 0 Å². The topological polar surface area (TPSA) is 49.0 Å². The Morgan fingerprint density at radius 2 is 2.06 bits per heavy atom. The Morgan fingerprint density at radius 1 is 1.22 bits per heavy atom. The van der Waals surface area contributed by atoms with E-state index in [2.05, 4.69) is 11.4 Å². The summed E-state index contributed by atoms with van der Waals surface area (Å²) in [4.78, 5) is 0. The maximum absolute atomic E-state index is 8.57. The second-order valence-electron chi connectivity index (χ2n) is 3.83. The largest absolute Gasteiger partial charge is 0.465 e. The third kappa shape index (κ3) is 3.53. The molecule has 1 heterocycles. The molecule has 0 aliphatic carbocycles. The molecule has 3 heteroatoms. The summed E-state index contributed by atoms with van der Waals surface area (Å²) in [5.74, 6) is 0.848. The van der Waals surface area contributed by atoms with Gasteiger partial charge in [0.15, 0.2) is 0 Å². The van der Waals surface area contributed by atoms with Crippen molar-refractivity contribution in [1.29, 1.82) is 5.26 Å². The van der Waals surface area contributed by atoms with E-state index in [1.54, 1.807) is 6.26 Å². The van der Waals surface area contributed by atoms with Gasteiger partial charge in [-0.1, -0.05) is 18.2 Å². The average Bonchev–Trinajstić information content (AvgIpc) is 2.90. The summed E-state index contributed by atoms with van der Waals surface area (Å²) in [6.45, 7) is 0.734. The molecule has 2 rings (SSSR count). The maximum atomic E-state index is 8.57. The number of anilines is 1. The number of hydrogen-bond donors (Lipinski definition) is 1. The summed E-state index contributed by atoms with van der Waals surface area (Å²) in [7, 11) is 0. The number of nitriles is 1. The summed E-state index contributed by atoms with van der Waals surface area (Å²) in [6, 6.07) is 13.8. The van der Waals surface area contributed by atoms with E-state index in [1.807, 2.05) is 48.6 Å². The molecule has 1 aromatic carbocycles. The smallest absolute Gasteiger partial charge is 0.126 e. The van der Waals surface area contributed by atoms with E-state index >= 15 is 0 Å². The summed E-state index contributed by atoms with van der Waals surface area (Å²) in [6.07, 6.45) is 6.04. The Bertz CT molecular complexity index is 533. The lowest BCUT2D eigenvalue weighted by Gasteiger charge is -2.03. The first kappa shape index (κ1) is 12.0. The van der Waals surface area contributed by atoms with Crippen LogP contribution in [0.5, 0.6) is 0 Å². The molecule has 18 heavy (non-hydrogen) atoms. The van der Waals surface area contributed by atoms with Crippen molar-refractivity contribution in [2.24, 2.45) is 0 Å². The molecule has 0 saturated carbocycles. The van der Waals surface area contributed by atoms with Gasteiger partial charge in [0.05, 0.1) is 18.8 Å². The van der Waals surface area contributed by atoms with Gasteiger partial charge in [0.1, 0.15) is 5.76 Å². The van der Waals surface area contributed by atoms with E-state index in [9.17, 15) is 0 Å². The Balaban J connectivity index is 1.81. The van der Waals surface area contributed by atoms with Crippen LogP contribution in [-0.4, -0.2) is 6.54 Å². The van der Waals surface area contributed by atoms with Crippen LogP contribution < -0.4 is 5.32 Å². The first-order valence-electron chi connectivity index (χ1n) is 5.78. The van der Waals surface area contributed by atoms with E-state index in [0.717, 1.165) is 23.6 Å². The second-order valence-corrected chi connectivity index (χ2v) is 3.83. The highest BCUT2D eigenvalue weighted by molar-refractivity contribution is 5.48. The van der Waals surface area contributed by atoms with Crippen molar-refractivity contribution >= 4 is 11.8 Å². The van der Waals surface area contributed by atoms with Crippen molar-refractivity contribution in [2.75, 3.05) is 11.9 Å². The number of benzene rings is 1. The van der Waals surface area contributed by atoms with Crippen LogP contribution in [0.3, 0.4) is 0 Å². The fraction of sp³-hybridized carbons (Fsp3) is 0.133. The van der Waals surface area contributed by atoms with Crippen LogP contribution >= 0.6 is 0 Å². The second kappa shape index (κ2) is 6.31.